The lowest BCUT2D eigenvalue weighted by Gasteiger charge is -2.17. The summed E-state index contributed by atoms with van der Waals surface area (Å²) < 4.78 is 6.77. The molecular formula is C14H17ClN2O2. The van der Waals surface area contributed by atoms with Crippen LogP contribution in [0.4, 0.5) is 0 Å². The monoisotopic (exact) mass is 280 g/mol. The van der Waals surface area contributed by atoms with E-state index in [1.807, 2.05) is 36.6 Å². The summed E-state index contributed by atoms with van der Waals surface area (Å²) in [5.74, 6) is 0.690. The Hall–Kier alpha value is -1.55. The summed E-state index contributed by atoms with van der Waals surface area (Å²) in [6, 6.07) is 5.58. The Morgan fingerprint density at radius 1 is 1.53 bits per heavy atom. The Kier molecular flexibility index (Phi) is 4.10. The maximum absolute atomic E-state index is 11.9. The fraction of sp³-hybridized carbons (Fsp3) is 0.429. The lowest BCUT2D eigenvalue weighted by molar-refractivity contribution is -0.144. The van der Waals surface area contributed by atoms with Crippen molar-refractivity contribution < 1.29 is 9.53 Å². The Balaban J connectivity index is 2.67. The number of methoxy groups -OCH3 is 1. The number of hydrogen-bond donors (Lipinski definition) is 0. The second kappa shape index (κ2) is 5.61. The number of aromatic nitrogens is 2. The van der Waals surface area contributed by atoms with E-state index < -0.39 is 0 Å². The lowest BCUT2D eigenvalue weighted by atomic mass is 10.2. The molecule has 0 bridgehead atoms. The molecule has 102 valence electrons. The van der Waals surface area contributed by atoms with E-state index in [0.717, 1.165) is 16.6 Å². The van der Waals surface area contributed by atoms with E-state index in [1.165, 1.54) is 7.11 Å². The highest BCUT2D eigenvalue weighted by Crippen LogP contribution is 2.26. The van der Waals surface area contributed by atoms with Gasteiger partial charge in [-0.2, -0.15) is 0 Å². The molecule has 19 heavy (non-hydrogen) atoms. The molecule has 0 saturated heterocycles. The van der Waals surface area contributed by atoms with Gasteiger partial charge in [0, 0.05) is 0 Å². The van der Waals surface area contributed by atoms with Gasteiger partial charge < -0.3 is 9.30 Å². The summed E-state index contributed by atoms with van der Waals surface area (Å²) in [7, 11) is 1.40. The minimum atomic E-state index is -0.384. The van der Waals surface area contributed by atoms with Gasteiger partial charge in [-0.15, -0.1) is 11.6 Å². The number of imidazole rings is 1. The van der Waals surface area contributed by atoms with Crippen molar-refractivity contribution in [1.29, 1.82) is 0 Å². The third-order valence-electron chi connectivity index (χ3n) is 3.21. The van der Waals surface area contributed by atoms with E-state index in [-0.39, 0.29) is 17.9 Å². The third kappa shape index (κ3) is 2.45. The number of halogens is 1. The zero-order valence-electron chi connectivity index (χ0n) is 11.3. The molecule has 0 amide bonds. The van der Waals surface area contributed by atoms with Gasteiger partial charge in [-0.05, 0) is 31.0 Å². The number of carbonyl (C=O) groups excluding carboxylic acids is 1. The predicted octanol–water partition coefficient (Wildman–Crippen LogP) is 3.21. The van der Waals surface area contributed by atoms with E-state index in [1.54, 1.807) is 0 Å². The SMILES string of the molecule is CCC(C(=O)OC)n1c(CCl)nc2ccc(C)cc21. The number of alkyl halides is 1. The van der Waals surface area contributed by atoms with Crippen molar-refractivity contribution in [3.8, 4) is 0 Å². The molecule has 0 aliphatic carbocycles. The van der Waals surface area contributed by atoms with Gasteiger partial charge in [-0.25, -0.2) is 9.78 Å². The number of carbonyl (C=O) groups is 1. The number of fused-ring (bicyclic) bond motifs is 1. The average Bonchev–Trinajstić information content (AvgIpc) is 2.77. The Morgan fingerprint density at radius 2 is 2.26 bits per heavy atom. The molecule has 2 aromatic rings. The van der Waals surface area contributed by atoms with Crippen LogP contribution in [0.3, 0.4) is 0 Å². The van der Waals surface area contributed by atoms with Crippen LogP contribution in [0.1, 0.15) is 30.8 Å². The molecule has 0 saturated carbocycles. The zero-order chi connectivity index (χ0) is 14.0. The summed E-state index contributed by atoms with van der Waals surface area (Å²) in [6.07, 6.45) is 0.635. The molecule has 0 aliphatic rings. The van der Waals surface area contributed by atoms with Crippen LogP contribution >= 0.6 is 11.6 Å². The largest absolute Gasteiger partial charge is 0.467 e. The average molecular weight is 281 g/mol. The van der Waals surface area contributed by atoms with Crippen LogP contribution in [-0.2, 0) is 15.4 Å². The van der Waals surface area contributed by atoms with Crippen LogP contribution in [-0.4, -0.2) is 22.6 Å². The van der Waals surface area contributed by atoms with E-state index in [2.05, 4.69) is 4.98 Å². The maximum atomic E-state index is 11.9. The van der Waals surface area contributed by atoms with Gasteiger partial charge in [-0.1, -0.05) is 13.0 Å². The van der Waals surface area contributed by atoms with Crippen molar-refractivity contribution in [1.82, 2.24) is 9.55 Å². The molecule has 1 atom stereocenters. The van der Waals surface area contributed by atoms with E-state index in [4.69, 9.17) is 16.3 Å². The molecule has 0 fully saturated rings. The molecule has 0 aliphatic heterocycles. The zero-order valence-corrected chi connectivity index (χ0v) is 12.1. The summed E-state index contributed by atoms with van der Waals surface area (Å²) in [5, 5.41) is 0. The molecule has 2 rings (SSSR count). The van der Waals surface area contributed by atoms with Gasteiger partial charge in [-0.3, -0.25) is 0 Å². The second-order valence-corrected chi connectivity index (χ2v) is 4.74. The van der Waals surface area contributed by atoms with Crippen LogP contribution in [0.5, 0.6) is 0 Å². The van der Waals surface area contributed by atoms with Gasteiger partial charge >= 0.3 is 5.97 Å². The standard InChI is InChI=1S/C14H17ClN2O2/c1-4-11(14(18)19-3)17-12-7-9(2)5-6-10(12)16-13(17)8-15/h5-7,11H,4,8H2,1-3H3. The lowest BCUT2D eigenvalue weighted by Crippen LogP contribution is -2.21. The van der Waals surface area contributed by atoms with Crippen LogP contribution < -0.4 is 0 Å². The highest BCUT2D eigenvalue weighted by Gasteiger charge is 2.24. The molecule has 0 N–H and O–H groups in total. The van der Waals surface area contributed by atoms with Crippen LogP contribution in [0.25, 0.3) is 11.0 Å². The smallest absolute Gasteiger partial charge is 0.328 e. The first-order valence-electron chi connectivity index (χ1n) is 6.23. The molecule has 0 spiro atoms. The molecule has 1 heterocycles. The minimum Gasteiger partial charge on any atom is -0.467 e. The fourth-order valence-corrected chi connectivity index (χ4v) is 2.47. The highest BCUT2D eigenvalue weighted by molar-refractivity contribution is 6.16. The van der Waals surface area contributed by atoms with E-state index in [0.29, 0.717) is 12.2 Å². The number of ether oxygens (including phenoxy) is 1. The first kappa shape index (κ1) is 13.9. The molecule has 1 aromatic heterocycles. The van der Waals surface area contributed by atoms with Crippen molar-refractivity contribution in [2.24, 2.45) is 0 Å². The van der Waals surface area contributed by atoms with Crippen LogP contribution in [0.15, 0.2) is 18.2 Å². The molecule has 1 aromatic carbocycles. The van der Waals surface area contributed by atoms with E-state index in [9.17, 15) is 4.79 Å². The highest BCUT2D eigenvalue weighted by atomic mass is 35.5. The minimum absolute atomic E-state index is 0.265. The maximum Gasteiger partial charge on any atom is 0.328 e. The van der Waals surface area contributed by atoms with Gasteiger partial charge in [0.25, 0.3) is 0 Å². The first-order valence-corrected chi connectivity index (χ1v) is 6.77. The van der Waals surface area contributed by atoms with E-state index >= 15 is 0 Å². The topological polar surface area (TPSA) is 44.1 Å². The molecule has 0 radical (unpaired) electrons. The van der Waals surface area contributed by atoms with Crippen molar-refractivity contribution in [2.75, 3.05) is 7.11 Å². The summed E-state index contributed by atoms with van der Waals surface area (Å²) in [4.78, 5) is 16.4. The van der Waals surface area contributed by atoms with Crippen molar-refractivity contribution >= 4 is 28.6 Å². The number of hydrogen-bond acceptors (Lipinski definition) is 3. The summed E-state index contributed by atoms with van der Waals surface area (Å²) in [5.41, 5.74) is 2.89. The second-order valence-electron chi connectivity index (χ2n) is 4.47. The molecule has 4 nitrogen and oxygen atoms in total. The Morgan fingerprint density at radius 3 is 2.84 bits per heavy atom. The number of esters is 1. The number of rotatable bonds is 4. The van der Waals surface area contributed by atoms with Crippen molar-refractivity contribution in [3.63, 3.8) is 0 Å². The first-order chi connectivity index (χ1) is 9.12. The molecule has 1 unspecified atom stereocenters. The quantitative estimate of drug-likeness (QED) is 0.638. The molecular weight excluding hydrogens is 264 g/mol. The summed E-state index contributed by atoms with van der Waals surface area (Å²) >= 11 is 5.96. The predicted molar refractivity (Wildman–Crippen MR) is 75.4 cm³/mol. The molecule has 5 heteroatoms. The Bertz CT molecular complexity index is 607. The van der Waals surface area contributed by atoms with Crippen LogP contribution in [0, 0.1) is 6.92 Å². The normalized spacial score (nSPS) is 12.6. The number of nitrogens with zero attached hydrogens (tertiary/aromatic N) is 2. The number of benzene rings is 1. The van der Waals surface area contributed by atoms with Crippen molar-refractivity contribution in [2.45, 2.75) is 32.2 Å². The van der Waals surface area contributed by atoms with Gasteiger partial charge in [0.2, 0.25) is 0 Å². The third-order valence-corrected chi connectivity index (χ3v) is 3.45. The van der Waals surface area contributed by atoms with Crippen LogP contribution in [0.2, 0.25) is 0 Å². The van der Waals surface area contributed by atoms with Crippen molar-refractivity contribution in [3.05, 3.63) is 29.6 Å². The number of aryl methyl sites for hydroxylation is 1. The Labute approximate surface area is 117 Å². The van der Waals surface area contributed by atoms with Gasteiger partial charge in [0.1, 0.15) is 11.9 Å². The fourth-order valence-electron chi connectivity index (χ4n) is 2.29. The summed E-state index contributed by atoms with van der Waals surface area (Å²) in [6.45, 7) is 3.96. The van der Waals surface area contributed by atoms with Gasteiger partial charge in [0.05, 0.1) is 24.0 Å². The van der Waals surface area contributed by atoms with Gasteiger partial charge in [0.15, 0.2) is 0 Å².